The average molecular weight is 225 g/mol. The number of aromatic hydroxyl groups is 1. The van der Waals surface area contributed by atoms with E-state index in [9.17, 15) is 5.11 Å². The van der Waals surface area contributed by atoms with Crippen LogP contribution in [0.4, 0.5) is 0 Å². The average Bonchev–Trinajstić information content (AvgIpc) is 2.49. The quantitative estimate of drug-likeness (QED) is 0.698. The fourth-order valence-corrected chi connectivity index (χ4v) is 2.23. The SMILES string of the molecule is Cc1[nH]c2ccc(O)c(Cl)c2c1C(C)N. The highest BCUT2D eigenvalue weighted by Crippen LogP contribution is 2.37. The van der Waals surface area contributed by atoms with Gasteiger partial charge < -0.3 is 15.8 Å². The van der Waals surface area contributed by atoms with E-state index in [1.165, 1.54) is 0 Å². The number of aryl methyl sites for hydroxylation is 1. The van der Waals surface area contributed by atoms with E-state index in [1.807, 2.05) is 13.8 Å². The molecule has 0 saturated heterocycles. The minimum absolute atomic E-state index is 0.0880. The number of benzene rings is 1. The number of phenolic OH excluding ortho intramolecular Hbond substituents is 1. The molecule has 0 radical (unpaired) electrons. The molecular formula is C11H13ClN2O. The molecule has 1 aromatic heterocycles. The van der Waals surface area contributed by atoms with Crippen molar-refractivity contribution in [1.29, 1.82) is 0 Å². The molecule has 1 atom stereocenters. The van der Waals surface area contributed by atoms with Crippen LogP contribution in [0.25, 0.3) is 10.9 Å². The Balaban J connectivity index is 2.90. The van der Waals surface area contributed by atoms with Crippen molar-refractivity contribution in [3.05, 3.63) is 28.4 Å². The molecule has 3 nitrogen and oxygen atoms in total. The molecule has 0 aliphatic rings. The zero-order chi connectivity index (χ0) is 11.2. The van der Waals surface area contributed by atoms with Gasteiger partial charge in [0, 0.05) is 22.6 Å². The number of aromatic amines is 1. The monoisotopic (exact) mass is 224 g/mol. The summed E-state index contributed by atoms with van der Waals surface area (Å²) in [5.41, 5.74) is 8.75. The maximum atomic E-state index is 9.55. The Bertz CT molecular complexity index is 517. The predicted octanol–water partition coefficient (Wildman–Crippen LogP) is 2.86. The minimum atomic E-state index is -0.113. The molecule has 0 bridgehead atoms. The van der Waals surface area contributed by atoms with Crippen molar-refractivity contribution in [3.63, 3.8) is 0 Å². The van der Waals surface area contributed by atoms with E-state index in [0.29, 0.717) is 5.02 Å². The lowest BCUT2D eigenvalue weighted by atomic mass is 10.1. The van der Waals surface area contributed by atoms with Crippen LogP contribution in [0.15, 0.2) is 12.1 Å². The van der Waals surface area contributed by atoms with Gasteiger partial charge in [0.1, 0.15) is 5.75 Å². The lowest BCUT2D eigenvalue weighted by Gasteiger charge is -2.06. The van der Waals surface area contributed by atoms with E-state index < -0.39 is 0 Å². The molecule has 1 heterocycles. The smallest absolute Gasteiger partial charge is 0.134 e. The molecule has 0 aliphatic carbocycles. The fraction of sp³-hybridized carbons (Fsp3) is 0.273. The van der Waals surface area contributed by atoms with Crippen LogP contribution >= 0.6 is 11.6 Å². The molecule has 0 spiro atoms. The van der Waals surface area contributed by atoms with E-state index in [-0.39, 0.29) is 11.8 Å². The van der Waals surface area contributed by atoms with E-state index >= 15 is 0 Å². The second kappa shape index (κ2) is 3.43. The van der Waals surface area contributed by atoms with Gasteiger partial charge in [-0.15, -0.1) is 0 Å². The number of hydrogen-bond donors (Lipinski definition) is 3. The first-order chi connectivity index (χ1) is 7.02. The van der Waals surface area contributed by atoms with Gasteiger partial charge in [-0.3, -0.25) is 0 Å². The summed E-state index contributed by atoms with van der Waals surface area (Å²) in [7, 11) is 0. The van der Waals surface area contributed by atoms with Gasteiger partial charge in [-0.25, -0.2) is 0 Å². The van der Waals surface area contributed by atoms with Crippen LogP contribution in [0.3, 0.4) is 0 Å². The van der Waals surface area contributed by atoms with Gasteiger partial charge in [0.25, 0.3) is 0 Å². The number of phenols is 1. The van der Waals surface area contributed by atoms with Crippen molar-refractivity contribution in [2.75, 3.05) is 0 Å². The molecule has 80 valence electrons. The summed E-state index contributed by atoms with van der Waals surface area (Å²) in [5.74, 6) is 0.0880. The molecule has 0 saturated carbocycles. The predicted molar refractivity (Wildman–Crippen MR) is 62.3 cm³/mol. The van der Waals surface area contributed by atoms with Gasteiger partial charge in [0.05, 0.1) is 5.02 Å². The van der Waals surface area contributed by atoms with Crippen LogP contribution in [0.1, 0.15) is 24.2 Å². The number of halogens is 1. The Hall–Kier alpha value is -1.19. The lowest BCUT2D eigenvalue weighted by Crippen LogP contribution is -2.05. The number of nitrogens with two attached hydrogens (primary N) is 1. The van der Waals surface area contributed by atoms with Crippen LogP contribution < -0.4 is 5.73 Å². The highest BCUT2D eigenvalue weighted by Gasteiger charge is 2.16. The first kappa shape index (κ1) is 10.3. The Kier molecular flexibility index (Phi) is 2.37. The number of rotatable bonds is 1. The molecule has 0 amide bonds. The molecule has 1 aromatic carbocycles. The van der Waals surface area contributed by atoms with Crippen LogP contribution in [0.5, 0.6) is 5.75 Å². The molecule has 4 heteroatoms. The van der Waals surface area contributed by atoms with E-state index in [2.05, 4.69) is 4.98 Å². The maximum Gasteiger partial charge on any atom is 0.134 e. The molecular weight excluding hydrogens is 212 g/mol. The zero-order valence-electron chi connectivity index (χ0n) is 8.63. The zero-order valence-corrected chi connectivity index (χ0v) is 9.39. The van der Waals surface area contributed by atoms with Crippen molar-refractivity contribution in [3.8, 4) is 5.75 Å². The van der Waals surface area contributed by atoms with Crippen molar-refractivity contribution < 1.29 is 5.11 Å². The van der Waals surface area contributed by atoms with Crippen molar-refractivity contribution >= 4 is 22.5 Å². The van der Waals surface area contributed by atoms with Gasteiger partial charge in [-0.05, 0) is 31.5 Å². The molecule has 15 heavy (non-hydrogen) atoms. The van der Waals surface area contributed by atoms with Gasteiger partial charge in [-0.2, -0.15) is 0 Å². The van der Waals surface area contributed by atoms with Crippen LogP contribution in [-0.2, 0) is 0 Å². The van der Waals surface area contributed by atoms with Crippen LogP contribution in [0.2, 0.25) is 5.02 Å². The standard InChI is InChI=1S/C11H13ClN2O/c1-5(13)9-6(2)14-7-3-4-8(15)11(12)10(7)9/h3-5,14-15H,13H2,1-2H3. The number of H-pyrrole nitrogens is 1. The van der Waals surface area contributed by atoms with Gasteiger partial charge in [0.15, 0.2) is 0 Å². The number of aromatic nitrogens is 1. The molecule has 0 aliphatic heterocycles. The first-order valence-corrected chi connectivity index (χ1v) is 5.15. The van der Waals surface area contributed by atoms with Gasteiger partial charge in [0.2, 0.25) is 0 Å². The molecule has 2 rings (SSSR count). The van der Waals surface area contributed by atoms with Crippen LogP contribution in [0, 0.1) is 6.92 Å². The Morgan fingerprint density at radius 3 is 2.73 bits per heavy atom. The minimum Gasteiger partial charge on any atom is -0.506 e. The fourth-order valence-electron chi connectivity index (χ4n) is 1.96. The second-order valence-electron chi connectivity index (χ2n) is 3.77. The van der Waals surface area contributed by atoms with Gasteiger partial charge in [-0.1, -0.05) is 11.6 Å². The first-order valence-electron chi connectivity index (χ1n) is 4.77. The van der Waals surface area contributed by atoms with Crippen molar-refractivity contribution in [2.45, 2.75) is 19.9 Å². The lowest BCUT2D eigenvalue weighted by molar-refractivity contribution is 0.476. The number of fused-ring (bicyclic) bond motifs is 1. The Morgan fingerprint density at radius 1 is 1.47 bits per heavy atom. The number of hydrogen-bond acceptors (Lipinski definition) is 2. The van der Waals surface area contributed by atoms with E-state index in [0.717, 1.165) is 22.2 Å². The summed E-state index contributed by atoms with van der Waals surface area (Å²) in [6.07, 6.45) is 0. The molecule has 1 unspecified atom stereocenters. The highest BCUT2D eigenvalue weighted by molar-refractivity contribution is 6.37. The third-order valence-corrected chi connectivity index (χ3v) is 2.96. The van der Waals surface area contributed by atoms with Crippen molar-refractivity contribution in [2.24, 2.45) is 5.73 Å². The second-order valence-corrected chi connectivity index (χ2v) is 4.15. The normalized spacial score (nSPS) is 13.3. The van der Waals surface area contributed by atoms with Crippen LogP contribution in [-0.4, -0.2) is 10.1 Å². The Labute approximate surface area is 92.9 Å². The topological polar surface area (TPSA) is 62.0 Å². The third kappa shape index (κ3) is 1.48. The largest absolute Gasteiger partial charge is 0.506 e. The number of nitrogens with one attached hydrogen (secondary N) is 1. The van der Waals surface area contributed by atoms with E-state index in [1.54, 1.807) is 12.1 Å². The summed E-state index contributed by atoms with van der Waals surface area (Å²) in [5, 5.41) is 10.7. The summed E-state index contributed by atoms with van der Waals surface area (Å²) in [6.45, 7) is 3.85. The maximum absolute atomic E-state index is 9.55. The highest BCUT2D eigenvalue weighted by atomic mass is 35.5. The summed E-state index contributed by atoms with van der Waals surface area (Å²) in [4.78, 5) is 3.20. The summed E-state index contributed by atoms with van der Waals surface area (Å²) >= 11 is 6.06. The molecule has 2 aromatic rings. The summed E-state index contributed by atoms with van der Waals surface area (Å²) in [6, 6.07) is 3.26. The third-order valence-electron chi connectivity index (χ3n) is 2.57. The molecule has 0 fully saturated rings. The Morgan fingerprint density at radius 2 is 2.13 bits per heavy atom. The summed E-state index contributed by atoms with van der Waals surface area (Å²) < 4.78 is 0. The molecule has 4 N–H and O–H groups in total. The van der Waals surface area contributed by atoms with E-state index in [4.69, 9.17) is 17.3 Å². The van der Waals surface area contributed by atoms with Crippen molar-refractivity contribution in [1.82, 2.24) is 4.98 Å². The van der Waals surface area contributed by atoms with Gasteiger partial charge >= 0.3 is 0 Å².